The zero-order valence-electron chi connectivity index (χ0n) is 12.5. The van der Waals surface area contributed by atoms with Gasteiger partial charge in [-0.05, 0) is 43.8 Å². The van der Waals surface area contributed by atoms with Gasteiger partial charge in [0.15, 0.2) is 0 Å². The lowest BCUT2D eigenvalue weighted by molar-refractivity contribution is 0.397. The lowest BCUT2D eigenvalue weighted by Crippen LogP contribution is -2.26. The zero-order chi connectivity index (χ0) is 15.5. The molecule has 2 aromatic rings. The maximum Gasteiger partial charge on any atom is 0.243 e. The first kappa shape index (κ1) is 15.8. The molecule has 0 bridgehead atoms. The van der Waals surface area contributed by atoms with Crippen molar-refractivity contribution in [3.05, 3.63) is 53.5 Å². The average molecular weight is 308 g/mol. The third kappa shape index (κ3) is 3.72. The molecule has 0 fully saturated rings. The van der Waals surface area contributed by atoms with Crippen LogP contribution in [0.2, 0.25) is 0 Å². The second-order valence-corrected chi connectivity index (χ2v) is 7.00. The number of nitrogens with zero attached hydrogens (tertiary/aromatic N) is 1. The van der Waals surface area contributed by atoms with E-state index in [2.05, 4.69) is 5.32 Å². The average Bonchev–Trinajstić information content (AvgIpc) is 2.85. The van der Waals surface area contributed by atoms with E-state index in [0.29, 0.717) is 17.2 Å². The van der Waals surface area contributed by atoms with Crippen molar-refractivity contribution in [2.45, 2.75) is 24.9 Å². The molecule has 0 aliphatic rings. The summed E-state index contributed by atoms with van der Waals surface area (Å²) in [5, 5.41) is 3.01. The molecule has 6 heteroatoms. The first-order valence-corrected chi connectivity index (χ1v) is 8.12. The number of benzene rings is 1. The number of rotatable bonds is 6. The van der Waals surface area contributed by atoms with E-state index in [9.17, 15) is 8.42 Å². The number of furan rings is 1. The second-order valence-electron chi connectivity index (χ2n) is 4.95. The molecule has 0 atom stereocenters. The molecule has 0 saturated carbocycles. The van der Waals surface area contributed by atoms with E-state index < -0.39 is 10.0 Å². The predicted molar refractivity (Wildman–Crippen MR) is 81.3 cm³/mol. The molecule has 0 aliphatic carbocycles. The summed E-state index contributed by atoms with van der Waals surface area (Å²) in [6.07, 6.45) is 0. The molecule has 114 valence electrons. The topological polar surface area (TPSA) is 62.6 Å². The molecule has 0 unspecified atom stereocenters. The normalized spacial score (nSPS) is 12.0. The fraction of sp³-hybridized carbons (Fsp3) is 0.333. The minimum absolute atomic E-state index is 0.215. The molecule has 0 amide bonds. The number of hydrogen-bond donors (Lipinski definition) is 1. The molecule has 0 spiro atoms. The largest absolute Gasteiger partial charge is 0.465 e. The van der Waals surface area contributed by atoms with Gasteiger partial charge in [0.05, 0.1) is 11.4 Å². The van der Waals surface area contributed by atoms with Crippen LogP contribution in [-0.2, 0) is 23.1 Å². The van der Waals surface area contributed by atoms with Gasteiger partial charge in [-0.3, -0.25) is 0 Å². The van der Waals surface area contributed by atoms with Gasteiger partial charge in [0.1, 0.15) is 11.5 Å². The summed E-state index contributed by atoms with van der Waals surface area (Å²) in [4.78, 5) is 0.293. The molecule has 5 nitrogen and oxygen atoms in total. The molecule has 0 aliphatic heterocycles. The summed E-state index contributed by atoms with van der Waals surface area (Å²) in [6, 6.07) is 10.6. The van der Waals surface area contributed by atoms with Crippen LogP contribution in [0, 0.1) is 6.92 Å². The van der Waals surface area contributed by atoms with Crippen molar-refractivity contribution >= 4 is 10.0 Å². The fourth-order valence-corrected chi connectivity index (χ4v) is 3.28. The van der Waals surface area contributed by atoms with Crippen LogP contribution in [0.25, 0.3) is 0 Å². The third-order valence-electron chi connectivity index (χ3n) is 3.16. The summed E-state index contributed by atoms with van der Waals surface area (Å²) < 4.78 is 31.9. The quantitative estimate of drug-likeness (QED) is 0.888. The van der Waals surface area contributed by atoms with Gasteiger partial charge in [-0.2, -0.15) is 4.31 Å². The van der Waals surface area contributed by atoms with Crippen LogP contribution < -0.4 is 5.32 Å². The molecule has 0 radical (unpaired) electrons. The van der Waals surface area contributed by atoms with Crippen molar-refractivity contribution < 1.29 is 12.8 Å². The predicted octanol–water partition coefficient (Wildman–Crippen LogP) is 2.13. The Morgan fingerprint density at radius 1 is 1.24 bits per heavy atom. The highest BCUT2D eigenvalue weighted by Crippen LogP contribution is 2.19. The Morgan fingerprint density at radius 3 is 2.62 bits per heavy atom. The maximum absolute atomic E-state index is 12.6. The van der Waals surface area contributed by atoms with Crippen molar-refractivity contribution in [3.8, 4) is 0 Å². The summed E-state index contributed by atoms with van der Waals surface area (Å²) in [5.74, 6) is 1.40. The maximum atomic E-state index is 12.6. The van der Waals surface area contributed by atoms with E-state index >= 15 is 0 Å². The van der Waals surface area contributed by atoms with Gasteiger partial charge in [-0.15, -0.1) is 0 Å². The summed E-state index contributed by atoms with van der Waals surface area (Å²) >= 11 is 0. The van der Waals surface area contributed by atoms with Crippen molar-refractivity contribution in [2.24, 2.45) is 0 Å². The molecular weight excluding hydrogens is 288 g/mol. The molecule has 1 N–H and O–H groups in total. The van der Waals surface area contributed by atoms with Gasteiger partial charge in [-0.1, -0.05) is 12.1 Å². The van der Waals surface area contributed by atoms with Gasteiger partial charge in [0.2, 0.25) is 10.0 Å². The van der Waals surface area contributed by atoms with Crippen LogP contribution in [0.5, 0.6) is 0 Å². The number of aryl methyl sites for hydroxylation is 1. The minimum atomic E-state index is -3.52. The highest BCUT2D eigenvalue weighted by atomic mass is 32.2. The number of nitrogens with one attached hydrogen (secondary N) is 1. The molecule has 21 heavy (non-hydrogen) atoms. The molecule has 1 heterocycles. The standard InChI is InChI=1S/C15H20N2O3S/c1-12-7-8-14(20-12)11-17(3)21(18,19)15-6-4-5-13(9-15)10-16-2/h4-9,16H,10-11H2,1-3H3. The fourth-order valence-electron chi connectivity index (χ4n) is 2.07. The Hall–Kier alpha value is -1.63. The number of sulfonamides is 1. The second kappa shape index (κ2) is 6.43. The van der Waals surface area contributed by atoms with Crippen molar-refractivity contribution in [1.29, 1.82) is 0 Å². The molecule has 1 aromatic heterocycles. The van der Waals surface area contributed by atoms with E-state index in [1.165, 1.54) is 4.31 Å². The van der Waals surface area contributed by atoms with Gasteiger partial charge in [0.25, 0.3) is 0 Å². The van der Waals surface area contributed by atoms with Crippen molar-refractivity contribution in [1.82, 2.24) is 9.62 Å². The highest BCUT2D eigenvalue weighted by molar-refractivity contribution is 7.89. The lowest BCUT2D eigenvalue weighted by atomic mass is 10.2. The van der Waals surface area contributed by atoms with Crippen LogP contribution in [-0.4, -0.2) is 26.8 Å². The van der Waals surface area contributed by atoms with Gasteiger partial charge < -0.3 is 9.73 Å². The van der Waals surface area contributed by atoms with Crippen LogP contribution in [0.4, 0.5) is 0 Å². The Labute approximate surface area is 125 Å². The van der Waals surface area contributed by atoms with E-state index in [-0.39, 0.29) is 6.54 Å². The van der Waals surface area contributed by atoms with Crippen LogP contribution in [0.3, 0.4) is 0 Å². The molecular formula is C15H20N2O3S. The van der Waals surface area contributed by atoms with E-state index in [1.807, 2.05) is 26.1 Å². The van der Waals surface area contributed by atoms with Gasteiger partial charge >= 0.3 is 0 Å². The Morgan fingerprint density at radius 2 is 2.00 bits per heavy atom. The van der Waals surface area contributed by atoms with Crippen LogP contribution in [0.1, 0.15) is 17.1 Å². The highest BCUT2D eigenvalue weighted by Gasteiger charge is 2.22. The molecule has 2 rings (SSSR count). The summed E-state index contributed by atoms with van der Waals surface area (Å²) in [6.45, 7) is 2.68. The van der Waals surface area contributed by atoms with E-state index in [4.69, 9.17) is 4.42 Å². The summed E-state index contributed by atoms with van der Waals surface area (Å²) in [5.41, 5.74) is 0.931. The van der Waals surface area contributed by atoms with Crippen LogP contribution in [0.15, 0.2) is 45.7 Å². The smallest absolute Gasteiger partial charge is 0.243 e. The van der Waals surface area contributed by atoms with E-state index in [0.717, 1.165) is 11.3 Å². The lowest BCUT2D eigenvalue weighted by Gasteiger charge is -2.16. The van der Waals surface area contributed by atoms with Crippen LogP contribution >= 0.6 is 0 Å². The Bertz CT molecular complexity index is 707. The van der Waals surface area contributed by atoms with E-state index in [1.54, 1.807) is 31.3 Å². The Kier molecular flexibility index (Phi) is 4.82. The van der Waals surface area contributed by atoms with Crippen molar-refractivity contribution in [3.63, 3.8) is 0 Å². The molecule has 0 saturated heterocycles. The van der Waals surface area contributed by atoms with Gasteiger partial charge in [0, 0.05) is 13.6 Å². The van der Waals surface area contributed by atoms with Crippen molar-refractivity contribution in [2.75, 3.05) is 14.1 Å². The monoisotopic (exact) mass is 308 g/mol. The third-order valence-corrected chi connectivity index (χ3v) is 4.96. The SMILES string of the molecule is CNCc1cccc(S(=O)(=O)N(C)Cc2ccc(C)o2)c1. The minimum Gasteiger partial charge on any atom is -0.465 e. The molecule has 1 aromatic carbocycles. The Balaban J connectivity index is 2.22. The van der Waals surface area contributed by atoms with Gasteiger partial charge in [-0.25, -0.2) is 8.42 Å². The first-order chi connectivity index (χ1) is 9.93. The summed E-state index contributed by atoms with van der Waals surface area (Å²) in [7, 11) is -0.144. The first-order valence-electron chi connectivity index (χ1n) is 6.68. The number of hydrogen-bond acceptors (Lipinski definition) is 4. The zero-order valence-corrected chi connectivity index (χ0v) is 13.3.